The molecule has 0 saturated heterocycles. The Kier molecular flexibility index (Phi) is 5.03. The molecule has 0 saturated carbocycles. The van der Waals surface area contributed by atoms with Gasteiger partial charge in [-0.25, -0.2) is 4.98 Å². The second kappa shape index (κ2) is 7.62. The summed E-state index contributed by atoms with van der Waals surface area (Å²) in [6.45, 7) is 0. The van der Waals surface area contributed by atoms with Crippen LogP contribution >= 0.6 is 23.2 Å². The highest BCUT2D eigenvalue weighted by Crippen LogP contribution is 2.40. The zero-order chi connectivity index (χ0) is 19.7. The monoisotopic (exact) mass is 410 g/mol. The predicted octanol–water partition coefficient (Wildman–Crippen LogP) is 4.46. The van der Waals surface area contributed by atoms with Crippen LogP contribution in [0.3, 0.4) is 0 Å². The second-order valence-corrected chi connectivity index (χ2v) is 7.24. The Balaban J connectivity index is 1.88. The van der Waals surface area contributed by atoms with Gasteiger partial charge in [0.2, 0.25) is 5.91 Å². The highest BCUT2D eigenvalue weighted by Gasteiger charge is 2.43. The summed E-state index contributed by atoms with van der Waals surface area (Å²) in [5, 5.41) is 7.57. The van der Waals surface area contributed by atoms with Gasteiger partial charge in [0.15, 0.2) is 0 Å². The molecule has 2 aromatic carbocycles. The first-order chi connectivity index (χ1) is 13.5. The van der Waals surface area contributed by atoms with Gasteiger partial charge < -0.3 is 5.73 Å². The van der Waals surface area contributed by atoms with E-state index in [2.05, 4.69) is 4.98 Å². The van der Waals surface area contributed by atoms with E-state index in [1.807, 2.05) is 48.5 Å². The van der Waals surface area contributed by atoms with Crippen molar-refractivity contribution < 1.29 is 4.79 Å². The van der Waals surface area contributed by atoms with Gasteiger partial charge in [-0.2, -0.15) is 5.10 Å². The quantitative estimate of drug-likeness (QED) is 0.645. The lowest BCUT2D eigenvalue weighted by molar-refractivity contribution is -0.120. The largest absolute Gasteiger partial charge is 0.369 e. The van der Waals surface area contributed by atoms with Crippen molar-refractivity contribution in [2.75, 3.05) is 5.01 Å². The van der Waals surface area contributed by atoms with Crippen molar-refractivity contribution in [1.29, 1.82) is 0 Å². The number of halogens is 2. The van der Waals surface area contributed by atoms with Crippen LogP contribution in [0.15, 0.2) is 78.0 Å². The number of anilines is 1. The first-order valence-corrected chi connectivity index (χ1v) is 9.39. The van der Waals surface area contributed by atoms with Crippen molar-refractivity contribution in [2.45, 2.75) is 6.04 Å². The zero-order valence-corrected chi connectivity index (χ0v) is 16.2. The lowest BCUT2D eigenvalue weighted by Gasteiger charge is -2.27. The molecular formula is C21H16Cl2N4O. The lowest BCUT2D eigenvalue weighted by atomic mass is 9.87. The molecule has 2 N–H and O–H groups in total. The number of hydrazone groups is 1. The molecule has 1 aliphatic rings. The minimum absolute atomic E-state index is 0.375. The molecule has 2 atom stereocenters. The van der Waals surface area contributed by atoms with E-state index in [1.54, 1.807) is 29.4 Å². The third kappa shape index (κ3) is 3.46. The molecule has 1 amide bonds. The molecule has 0 fully saturated rings. The summed E-state index contributed by atoms with van der Waals surface area (Å²) in [6.07, 6.45) is 1.65. The molecule has 3 aromatic rings. The molecule has 7 heteroatoms. The van der Waals surface area contributed by atoms with E-state index in [1.165, 1.54) is 0 Å². The molecule has 0 bridgehead atoms. The Morgan fingerprint density at radius 1 is 0.964 bits per heavy atom. The van der Waals surface area contributed by atoms with Gasteiger partial charge in [-0.1, -0.05) is 59.6 Å². The molecule has 0 radical (unpaired) electrons. The number of nitrogens with two attached hydrogens (primary N) is 1. The van der Waals surface area contributed by atoms with Crippen molar-refractivity contribution in [3.8, 4) is 0 Å². The molecular weight excluding hydrogens is 395 g/mol. The predicted molar refractivity (Wildman–Crippen MR) is 112 cm³/mol. The molecule has 5 nitrogen and oxygen atoms in total. The fraction of sp³-hybridized carbons (Fsp3) is 0.0952. The molecule has 1 aliphatic heterocycles. The minimum atomic E-state index is -0.652. The van der Waals surface area contributed by atoms with Gasteiger partial charge in [-0.3, -0.25) is 9.80 Å². The number of rotatable bonds is 4. The number of hydrogen-bond acceptors (Lipinski definition) is 4. The summed E-state index contributed by atoms with van der Waals surface area (Å²) in [7, 11) is 0. The number of amides is 1. The second-order valence-electron chi connectivity index (χ2n) is 6.41. The maximum Gasteiger partial charge on any atom is 0.229 e. The number of primary amides is 1. The van der Waals surface area contributed by atoms with Crippen molar-refractivity contribution in [3.05, 3.63) is 94.2 Å². The van der Waals surface area contributed by atoms with Crippen molar-refractivity contribution in [2.24, 2.45) is 16.8 Å². The van der Waals surface area contributed by atoms with Crippen LogP contribution in [0.5, 0.6) is 0 Å². The number of carbonyl (C=O) groups excluding carboxylic acids is 1. The van der Waals surface area contributed by atoms with Crippen LogP contribution in [0.2, 0.25) is 10.2 Å². The average Bonchev–Trinajstić information content (AvgIpc) is 3.11. The lowest BCUT2D eigenvalue weighted by Crippen LogP contribution is -2.36. The van der Waals surface area contributed by atoms with Gasteiger partial charge in [0, 0.05) is 11.2 Å². The van der Waals surface area contributed by atoms with Gasteiger partial charge in [-0.05, 0) is 41.5 Å². The Hall–Kier alpha value is -2.89. The maximum atomic E-state index is 12.5. The van der Waals surface area contributed by atoms with Crippen LogP contribution in [0, 0.1) is 5.92 Å². The summed E-state index contributed by atoms with van der Waals surface area (Å²) >= 11 is 12.0. The molecule has 0 aliphatic carbocycles. The molecule has 28 heavy (non-hydrogen) atoms. The van der Waals surface area contributed by atoms with Gasteiger partial charge in [0.05, 0.1) is 17.4 Å². The van der Waals surface area contributed by atoms with Gasteiger partial charge in [-0.15, -0.1) is 0 Å². The fourth-order valence-electron chi connectivity index (χ4n) is 3.38. The summed E-state index contributed by atoms with van der Waals surface area (Å²) in [6, 6.07) is 19.9. The highest BCUT2D eigenvalue weighted by molar-refractivity contribution is 6.30. The van der Waals surface area contributed by atoms with E-state index < -0.39 is 17.9 Å². The van der Waals surface area contributed by atoms with Crippen molar-refractivity contribution >= 4 is 40.5 Å². The number of hydrogen-bond donors (Lipinski definition) is 1. The molecule has 2 unspecified atom stereocenters. The average molecular weight is 411 g/mol. The van der Waals surface area contributed by atoms with Crippen LogP contribution in [-0.4, -0.2) is 16.6 Å². The number of benzene rings is 2. The molecule has 1 aromatic heterocycles. The van der Waals surface area contributed by atoms with E-state index >= 15 is 0 Å². The summed E-state index contributed by atoms with van der Waals surface area (Å²) in [5.41, 5.74) is 8.87. The van der Waals surface area contributed by atoms with E-state index in [4.69, 9.17) is 34.0 Å². The van der Waals surface area contributed by atoms with E-state index in [-0.39, 0.29) is 0 Å². The normalized spacial score (nSPS) is 18.8. The third-order valence-electron chi connectivity index (χ3n) is 4.65. The van der Waals surface area contributed by atoms with Crippen molar-refractivity contribution in [3.63, 3.8) is 0 Å². The maximum absolute atomic E-state index is 12.5. The molecule has 0 spiro atoms. The highest BCUT2D eigenvalue weighted by atomic mass is 35.5. The van der Waals surface area contributed by atoms with Crippen molar-refractivity contribution in [1.82, 2.24) is 4.98 Å². The number of nitrogens with zero attached hydrogens (tertiary/aromatic N) is 3. The Morgan fingerprint density at radius 2 is 1.68 bits per heavy atom. The van der Waals surface area contributed by atoms with Crippen LogP contribution < -0.4 is 10.7 Å². The van der Waals surface area contributed by atoms with Crippen LogP contribution in [-0.2, 0) is 4.79 Å². The van der Waals surface area contributed by atoms with E-state index in [9.17, 15) is 4.79 Å². The van der Waals surface area contributed by atoms with Gasteiger partial charge >= 0.3 is 0 Å². The van der Waals surface area contributed by atoms with Gasteiger partial charge in [0.25, 0.3) is 0 Å². The number of aromatic nitrogens is 1. The summed E-state index contributed by atoms with van der Waals surface area (Å²) < 4.78 is 0. The molecule has 2 heterocycles. The Morgan fingerprint density at radius 3 is 2.29 bits per heavy atom. The SMILES string of the molecule is NC(=O)C1C(c2ccccc2)=NN(c2ccc(Cl)cc2)C1c1ccc(Cl)nc1. The smallest absolute Gasteiger partial charge is 0.229 e. The first-order valence-electron chi connectivity index (χ1n) is 8.64. The first kappa shape index (κ1) is 18.5. The molecule has 140 valence electrons. The zero-order valence-electron chi connectivity index (χ0n) is 14.7. The summed E-state index contributed by atoms with van der Waals surface area (Å²) in [4.78, 5) is 16.7. The number of pyridine rings is 1. The topological polar surface area (TPSA) is 71.6 Å². The number of carbonyl (C=O) groups is 1. The van der Waals surface area contributed by atoms with E-state index in [0.717, 1.165) is 16.8 Å². The van der Waals surface area contributed by atoms with Crippen LogP contribution in [0.1, 0.15) is 17.2 Å². The standard InChI is InChI=1S/C21H16Cl2N4O/c22-15-7-9-16(10-8-15)27-20(14-6-11-17(23)25-12-14)18(21(24)28)19(26-27)13-4-2-1-3-5-13/h1-12,18,20H,(H2,24,28). The third-order valence-corrected chi connectivity index (χ3v) is 5.12. The van der Waals surface area contributed by atoms with Crippen LogP contribution in [0.4, 0.5) is 5.69 Å². The van der Waals surface area contributed by atoms with E-state index in [0.29, 0.717) is 15.9 Å². The minimum Gasteiger partial charge on any atom is -0.369 e. The summed E-state index contributed by atoms with van der Waals surface area (Å²) in [5.74, 6) is -1.11. The molecule has 4 rings (SSSR count). The fourth-order valence-corrected chi connectivity index (χ4v) is 3.61. The Labute approximate surface area is 172 Å². The van der Waals surface area contributed by atoms with Gasteiger partial charge in [0.1, 0.15) is 11.1 Å². The Bertz CT molecular complexity index is 1020. The van der Waals surface area contributed by atoms with Crippen LogP contribution in [0.25, 0.3) is 0 Å².